The molecule has 2 rings (SSSR count). The number of phenols is 1. The summed E-state index contributed by atoms with van der Waals surface area (Å²) in [6.07, 6.45) is 0. The lowest BCUT2D eigenvalue weighted by Gasteiger charge is -2.09. The number of rotatable bonds is 1. The third-order valence-corrected chi connectivity index (χ3v) is 3.08. The number of hydrogen-bond acceptors (Lipinski definition) is 1. The topological polar surface area (TPSA) is 20.2 Å². The zero-order chi connectivity index (χ0) is 14.3. The number of phenolic OH excluding ortho intramolecular Hbond substituents is 1. The molecule has 0 radical (unpaired) electrons. The van der Waals surface area contributed by atoms with Gasteiger partial charge in [-0.25, -0.2) is 22.0 Å². The number of halogens is 6. The van der Waals surface area contributed by atoms with Gasteiger partial charge in [0.15, 0.2) is 23.3 Å². The van der Waals surface area contributed by atoms with Gasteiger partial charge in [-0.1, -0.05) is 6.07 Å². The summed E-state index contributed by atoms with van der Waals surface area (Å²) in [6.45, 7) is 0. The van der Waals surface area contributed by atoms with Crippen molar-refractivity contribution in [2.45, 2.75) is 0 Å². The minimum absolute atomic E-state index is 0.0638. The second-order valence-electron chi connectivity index (χ2n) is 3.61. The van der Waals surface area contributed by atoms with Gasteiger partial charge in [0.1, 0.15) is 5.75 Å². The monoisotopic (exact) mass is 338 g/mol. The maximum Gasteiger partial charge on any atom is 0.200 e. The standard InChI is InChI=1S/C12H4BrF5O/c13-5-3-4(1-2-6(5)19)7-8(14)10(16)12(18)11(17)9(7)15/h1-3,19H. The third kappa shape index (κ3) is 2.18. The van der Waals surface area contributed by atoms with Crippen molar-refractivity contribution in [1.82, 2.24) is 0 Å². The predicted molar refractivity (Wildman–Crippen MR) is 61.0 cm³/mol. The fourth-order valence-corrected chi connectivity index (χ4v) is 1.90. The van der Waals surface area contributed by atoms with Gasteiger partial charge in [0, 0.05) is 0 Å². The highest BCUT2D eigenvalue weighted by Crippen LogP contribution is 2.35. The van der Waals surface area contributed by atoms with Crippen molar-refractivity contribution in [3.63, 3.8) is 0 Å². The van der Waals surface area contributed by atoms with Crippen LogP contribution in [0.2, 0.25) is 0 Å². The molecule has 7 heteroatoms. The van der Waals surface area contributed by atoms with Crippen LogP contribution in [0.5, 0.6) is 5.75 Å². The molecule has 0 spiro atoms. The van der Waals surface area contributed by atoms with E-state index >= 15 is 0 Å². The fraction of sp³-hybridized carbons (Fsp3) is 0. The average molecular weight is 339 g/mol. The number of benzene rings is 2. The Balaban J connectivity index is 2.79. The first-order valence-corrected chi connectivity index (χ1v) is 5.64. The van der Waals surface area contributed by atoms with E-state index in [-0.39, 0.29) is 15.8 Å². The van der Waals surface area contributed by atoms with Gasteiger partial charge in [-0.15, -0.1) is 0 Å². The Morgan fingerprint density at radius 1 is 0.789 bits per heavy atom. The highest BCUT2D eigenvalue weighted by Gasteiger charge is 2.26. The van der Waals surface area contributed by atoms with Gasteiger partial charge in [0.25, 0.3) is 0 Å². The zero-order valence-electron chi connectivity index (χ0n) is 8.95. The summed E-state index contributed by atoms with van der Waals surface area (Å²) in [7, 11) is 0. The van der Waals surface area contributed by atoms with E-state index in [2.05, 4.69) is 15.9 Å². The van der Waals surface area contributed by atoms with Gasteiger partial charge in [0.2, 0.25) is 5.82 Å². The molecular formula is C12H4BrF5O. The Morgan fingerprint density at radius 3 is 1.74 bits per heavy atom. The second-order valence-corrected chi connectivity index (χ2v) is 4.47. The lowest BCUT2D eigenvalue weighted by molar-refractivity contribution is 0.381. The average Bonchev–Trinajstić information content (AvgIpc) is 2.38. The van der Waals surface area contributed by atoms with E-state index in [1.54, 1.807) is 0 Å². The molecule has 0 fully saturated rings. The first-order chi connectivity index (χ1) is 8.84. The van der Waals surface area contributed by atoms with Crippen LogP contribution in [0.15, 0.2) is 22.7 Å². The van der Waals surface area contributed by atoms with Crippen molar-refractivity contribution >= 4 is 15.9 Å². The predicted octanol–water partition coefficient (Wildman–Crippen LogP) is 4.52. The summed E-state index contributed by atoms with van der Waals surface area (Å²) in [4.78, 5) is 0. The summed E-state index contributed by atoms with van der Waals surface area (Å²) >= 11 is 2.89. The van der Waals surface area contributed by atoms with E-state index in [9.17, 15) is 27.1 Å². The molecule has 1 nitrogen and oxygen atoms in total. The van der Waals surface area contributed by atoms with E-state index in [1.807, 2.05) is 0 Å². The summed E-state index contributed by atoms with van der Waals surface area (Å²) in [5, 5.41) is 9.24. The Hall–Kier alpha value is -1.63. The molecule has 0 amide bonds. The van der Waals surface area contributed by atoms with Crippen LogP contribution in [0, 0.1) is 29.1 Å². The van der Waals surface area contributed by atoms with Crippen molar-refractivity contribution < 1.29 is 27.1 Å². The van der Waals surface area contributed by atoms with Crippen molar-refractivity contribution in [3.8, 4) is 16.9 Å². The molecule has 1 N–H and O–H groups in total. The minimum atomic E-state index is -2.21. The molecule has 0 saturated carbocycles. The number of hydrogen-bond donors (Lipinski definition) is 1. The van der Waals surface area contributed by atoms with Crippen LogP contribution in [-0.4, -0.2) is 5.11 Å². The lowest BCUT2D eigenvalue weighted by Crippen LogP contribution is -2.03. The van der Waals surface area contributed by atoms with Gasteiger partial charge in [-0.05, 0) is 33.6 Å². The lowest BCUT2D eigenvalue weighted by atomic mass is 10.0. The summed E-state index contributed by atoms with van der Waals surface area (Å²) in [5.74, 6) is -10.3. The molecular weight excluding hydrogens is 335 g/mol. The van der Waals surface area contributed by atoms with Crippen molar-refractivity contribution in [2.24, 2.45) is 0 Å². The maximum absolute atomic E-state index is 13.5. The molecule has 0 aliphatic rings. The normalized spacial score (nSPS) is 10.8. The molecule has 2 aromatic carbocycles. The SMILES string of the molecule is Oc1ccc(-c2c(F)c(F)c(F)c(F)c2F)cc1Br. The quantitative estimate of drug-likeness (QED) is 0.460. The van der Waals surface area contributed by atoms with Gasteiger partial charge in [0.05, 0.1) is 10.0 Å². The highest BCUT2D eigenvalue weighted by atomic mass is 79.9. The summed E-state index contributed by atoms with van der Waals surface area (Å²) < 4.78 is 66.1. The molecule has 0 aromatic heterocycles. The molecule has 0 aliphatic heterocycles. The molecule has 0 unspecified atom stereocenters. The van der Waals surface area contributed by atoms with Crippen LogP contribution in [-0.2, 0) is 0 Å². The second kappa shape index (κ2) is 4.80. The van der Waals surface area contributed by atoms with E-state index in [0.29, 0.717) is 0 Å². The van der Waals surface area contributed by atoms with E-state index < -0.39 is 34.6 Å². The van der Waals surface area contributed by atoms with Crippen molar-refractivity contribution in [2.75, 3.05) is 0 Å². The maximum atomic E-state index is 13.5. The van der Waals surface area contributed by atoms with Gasteiger partial charge >= 0.3 is 0 Å². The third-order valence-electron chi connectivity index (χ3n) is 2.45. The molecule has 0 aliphatic carbocycles. The van der Waals surface area contributed by atoms with Gasteiger partial charge < -0.3 is 5.11 Å². The molecule has 19 heavy (non-hydrogen) atoms. The Kier molecular flexibility index (Phi) is 3.49. The smallest absolute Gasteiger partial charge is 0.200 e. The molecule has 0 saturated heterocycles. The van der Waals surface area contributed by atoms with Gasteiger partial charge in [-0.3, -0.25) is 0 Å². The van der Waals surface area contributed by atoms with Crippen LogP contribution in [0.1, 0.15) is 0 Å². The fourth-order valence-electron chi connectivity index (χ4n) is 1.52. The van der Waals surface area contributed by atoms with E-state index in [0.717, 1.165) is 18.2 Å². The molecule has 100 valence electrons. The molecule has 0 atom stereocenters. The Morgan fingerprint density at radius 2 is 1.26 bits per heavy atom. The van der Waals surface area contributed by atoms with Crippen molar-refractivity contribution in [1.29, 1.82) is 0 Å². The Bertz CT molecular complexity index is 643. The zero-order valence-corrected chi connectivity index (χ0v) is 10.5. The van der Waals surface area contributed by atoms with Crippen LogP contribution in [0.4, 0.5) is 22.0 Å². The summed E-state index contributed by atoms with van der Waals surface area (Å²) in [5.41, 5.74) is -1.30. The van der Waals surface area contributed by atoms with E-state index in [4.69, 9.17) is 0 Å². The largest absolute Gasteiger partial charge is 0.507 e. The summed E-state index contributed by atoms with van der Waals surface area (Å²) in [6, 6.07) is 3.16. The van der Waals surface area contributed by atoms with E-state index in [1.165, 1.54) is 0 Å². The van der Waals surface area contributed by atoms with Crippen LogP contribution >= 0.6 is 15.9 Å². The molecule has 0 heterocycles. The number of aromatic hydroxyl groups is 1. The highest BCUT2D eigenvalue weighted by molar-refractivity contribution is 9.10. The first kappa shape index (κ1) is 13.8. The van der Waals surface area contributed by atoms with Crippen molar-refractivity contribution in [3.05, 3.63) is 51.8 Å². The van der Waals surface area contributed by atoms with Crippen LogP contribution in [0.3, 0.4) is 0 Å². The van der Waals surface area contributed by atoms with Crippen LogP contribution in [0.25, 0.3) is 11.1 Å². The first-order valence-electron chi connectivity index (χ1n) is 4.85. The molecule has 2 aromatic rings. The Labute approximate surface area is 112 Å². The van der Waals surface area contributed by atoms with Gasteiger partial charge in [-0.2, -0.15) is 0 Å². The van der Waals surface area contributed by atoms with Crippen LogP contribution < -0.4 is 0 Å². The minimum Gasteiger partial charge on any atom is -0.507 e. The molecule has 0 bridgehead atoms.